The van der Waals surface area contributed by atoms with Gasteiger partial charge in [0.1, 0.15) is 0 Å². The van der Waals surface area contributed by atoms with Crippen LogP contribution in [0.5, 0.6) is 0 Å². The summed E-state index contributed by atoms with van der Waals surface area (Å²) in [6.45, 7) is 7.52. The van der Waals surface area contributed by atoms with Crippen LogP contribution in [0.15, 0.2) is 12.2 Å². The fourth-order valence-electron chi connectivity index (χ4n) is 3.74. The zero-order valence-electron chi connectivity index (χ0n) is 20.9. The number of unbranched alkanes of at least 4 members (excludes halogenated alkanes) is 14. The first-order valence-corrected chi connectivity index (χ1v) is 13.5. The van der Waals surface area contributed by atoms with Crippen molar-refractivity contribution in [1.29, 1.82) is 0 Å². The zero-order chi connectivity index (χ0) is 22.1. The van der Waals surface area contributed by atoms with Gasteiger partial charge in [0.25, 0.3) is 0 Å². The molecule has 178 valence electrons. The first-order chi connectivity index (χ1) is 14.7. The zero-order valence-corrected chi connectivity index (χ0v) is 20.9. The summed E-state index contributed by atoms with van der Waals surface area (Å²) >= 11 is 0. The topological polar surface area (TPSA) is 26.3 Å². The molecule has 0 spiro atoms. The van der Waals surface area contributed by atoms with E-state index in [2.05, 4.69) is 32.9 Å². The molecule has 0 fully saturated rings. The van der Waals surface area contributed by atoms with Gasteiger partial charge in [-0.1, -0.05) is 123 Å². The molecule has 0 bridgehead atoms. The molecular formula is C28H54O2. The van der Waals surface area contributed by atoms with Crippen molar-refractivity contribution in [2.45, 2.75) is 149 Å². The van der Waals surface area contributed by atoms with E-state index < -0.39 is 0 Å². The molecule has 0 saturated carbocycles. The van der Waals surface area contributed by atoms with Crippen LogP contribution in [0, 0.1) is 5.92 Å². The van der Waals surface area contributed by atoms with E-state index in [1.807, 2.05) is 0 Å². The van der Waals surface area contributed by atoms with E-state index in [1.165, 1.54) is 103 Å². The lowest BCUT2D eigenvalue weighted by atomic mass is 10.00. The number of hydrogen-bond acceptors (Lipinski definition) is 2. The van der Waals surface area contributed by atoms with E-state index in [0.29, 0.717) is 13.0 Å². The van der Waals surface area contributed by atoms with Crippen molar-refractivity contribution in [2.24, 2.45) is 5.92 Å². The molecule has 0 aliphatic rings. The summed E-state index contributed by atoms with van der Waals surface area (Å²) in [5.74, 6) is 0.912. The second kappa shape index (κ2) is 24.5. The molecule has 30 heavy (non-hydrogen) atoms. The van der Waals surface area contributed by atoms with Crippen molar-refractivity contribution in [3.05, 3.63) is 12.2 Å². The summed E-state index contributed by atoms with van der Waals surface area (Å²) in [6, 6.07) is 0. The summed E-state index contributed by atoms with van der Waals surface area (Å²) in [5, 5.41) is 0. The summed E-state index contributed by atoms with van der Waals surface area (Å²) in [7, 11) is 0. The van der Waals surface area contributed by atoms with Gasteiger partial charge in [0.15, 0.2) is 0 Å². The predicted octanol–water partition coefficient (Wildman–Crippen LogP) is 9.56. The molecule has 2 heteroatoms. The molecule has 2 nitrogen and oxygen atoms in total. The van der Waals surface area contributed by atoms with Gasteiger partial charge in [-0.05, 0) is 38.0 Å². The number of carbonyl (C=O) groups excluding carboxylic acids is 1. The highest BCUT2D eigenvalue weighted by Gasteiger charge is 2.02. The normalized spacial score (nSPS) is 12.5. The molecule has 0 amide bonds. The van der Waals surface area contributed by atoms with Crippen molar-refractivity contribution in [2.75, 3.05) is 6.61 Å². The highest BCUT2D eigenvalue weighted by molar-refractivity contribution is 5.69. The van der Waals surface area contributed by atoms with E-state index in [0.717, 1.165) is 25.2 Å². The molecule has 0 aromatic rings. The van der Waals surface area contributed by atoms with Crippen LogP contribution in [0.1, 0.15) is 149 Å². The lowest BCUT2D eigenvalue weighted by molar-refractivity contribution is -0.143. The summed E-state index contributed by atoms with van der Waals surface area (Å²) in [5.41, 5.74) is 0. The monoisotopic (exact) mass is 422 g/mol. The highest BCUT2D eigenvalue weighted by Crippen LogP contribution is 2.15. The summed E-state index contributed by atoms with van der Waals surface area (Å²) in [4.78, 5) is 11.8. The number of rotatable bonds is 23. The van der Waals surface area contributed by atoms with Crippen LogP contribution in [-0.2, 0) is 9.53 Å². The van der Waals surface area contributed by atoms with Gasteiger partial charge in [-0.25, -0.2) is 0 Å². The third kappa shape index (κ3) is 23.5. The van der Waals surface area contributed by atoms with Crippen molar-refractivity contribution in [3.63, 3.8) is 0 Å². The van der Waals surface area contributed by atoms with E-state index in [9.17, 15) is 4.79 Å². The molecule has 0 aliphatic heterocycles. The smallest absolute Gasteiger partial charge is 0.305 e. The van der Waals surface area contributed by atoms with E-state index in [-0.39, 0.29) is 5.97 Å². The molecule has 0 aromatic carbocycles. The number of ether oxygens (including phenoxy) is 1. The van der Waals surface area contributed by atoms with Gasteiger partial charge in [-0.3, -0.25) is 4.79 Å². The Hall–Kier alpha value is -0.790. The number of hydrogen-bond donors (Lipinski definition) is 0. The second-order valence-corrected chi connectivity index (χ2v) is 9.27. The Bertz CT molecular complexity index is 375. The number of carbonyl (C=O) groups is 1. The predicted molar refractivity (Wildman–Crippen MR) is 133 cm³/mol. The standard InChI is InChI=1S/C28H54O2/c1-4-6-7-8-9-10-11-12-16-19-22-25-28(29)30-26-23-20-17-14-13-15-18-21-24-27(3)5-2/h8-9,27H,4-7,10-26H2,1-3H3. The van der Waals surface area contributed by atoms with E-state index >= 15 is 0 Å². The minimum Gasteiger partial charge on any atom is -0.466 e. The number of allylic oxidation sites excluding steroid dienone is 2. The quantitative estimate of drug-likeness (QED) is 0.0930. The molecular weight excluding hydrogens is 368 g/mol. The largest absolute Gasteiger partial charge is 0.466 e. The van der Waals surface area contributed by atoms with Crippen LogP contribution in [0.3, 0.4) is 0 Å². The fraction of sp³-hybridized carbons (Fsp3) is 0.893. The Morgan fingerprint density at radius 3 is 1.87 bits per heavy atom. The van der Waals surface area contributed by atoms with Crippen LogP contribution in [0.4, 0.5) is 0 Å². The molecule has 0 aliphatic carbocycles. The van der Waals surface area contributed by atoms with Gasteiger partial charge in [0, 0.05) is 6.42 Å². The van der Waals surface area contributed by atoms with Gasteiger partial charge in [0.05, 0.1) is 6.61 Å². The molecule has 1 unspecified atom stereocenters. The first kappa shape index (κ1) is 29.2. The maximum atomic E-state index is 11.8. The maximum Gasteiger partial charge on any atom is 0.305 e. The van der Waals surface area contributed by atoms with Crippen molar-refractivity contribution < 1.29 is 9.53 Å². The minimum absolute atomic E-state index is 0.00941. The van der Waals surface area contributed by atoms with E-state index in [1.54, 1.807) is 0 Å². The van der Waals surface area contributed by atoms with Crippen LogP contribution in [0.25, 0.3) is 0 Å². The SMILES string of the molecule is CCCCC=CCCCCCCCC(=O)OCCCCCCCCCCC(C)CC. The Morgan fingerprint density at radius 2 is 1.23 bits per heavy atom. The average Bonchev–Trinajstić information content (AvgIpc) is 2.75. The maximum absolute atomic E-state index is 11.8. The van der Waals surface area contributed by atoms with Gasteiger partial charge in [-0.15, -0.1) is 0 Å². The molecule has 0 rings (SSSR count). The Morgan fingerprint density at radius 1 is 0.700 bits per heavy atom. The second-order valence-electron chi connectivity index (χ2n) is 9.27. The Kier molecular flexibility index (Phi) is 23.8. The third-order valence-electron chi connectivity index (χ3n) is 6.19. The molecule has 0 N–H and O–H groups in total. The molecule has 0 aromatic heterocycles. The molecule has 1 atom stereocenters. The van der Waals surface area contributed by atoms with Gasteiger partial charge in [-0.2, -0.15) is 0 Å². The van der Waals surface area contributed by atoms with Crippen LogP contribution >= 0.6 is 0 Å². The molecule has 0 radical (unpaired) electrons. The van der Waals surface area contributed by atoms with Crippen LogP contribution < -0.4 is 0 Å². The van der Waals surface area contributed by atoms with Gasteiger partial charge in [0.2, 0.25) is 0 Å². The first-order valence-electron chi connectivity index (χ1n) is 13.5. The highest BCUT2D eigenvalue weighted by atomic mass is 16.5. The minimum atomic E-state index is 0.00941. The average molecular weight is 423 g/mol. The summed E-state index contributed by atoms with van der Waals surface area (Å²) in [6.07, 6.45) is 29.4. The molecule has 0 heterocycles. The van der Waals surface area contributed by atoms with Crippen molar-refractivity contribution in [1.82, 2.24) is 0 Å². The van der Waals surface area contributed by atoms with Crippen LogP contribution in [-0.4, -0.2) is 12.6 Å². The lowest BCUT2D eigenvalue weighted by Crippen LogP contribution is -2.05. The van der Waals surface area contributed by atoms with Crippen molar-refractivity contribution in [3.8, 4) is 0 Å². The third-order valence-corrected chi connectivity index (χ3v) is 6.19. The Balaban J connectivity index is 3.21. The Labute approximate surface area is 189 Å². The van der Waals surface area contributed by atoms with Gasteiger partial charge < -0.3 is 4.74 Å². The van der Waals surface area contributed by atoms with Gasteiger partial charge >= 0.3 is 5.97 Å². The van der Waals surface area contributed by atoms with Crippen molar-refractivity contribution >= 4 is 5.97 Å². The summed E-state index contributed by atoms with van der Waals surface area (Å²) < 4.78 is 5.38. The van der Waals surface area contributed by atoms with E-state index in [4.69, 9.17) is 4.74 Å². The number of esters is 1. The lowest BCUT2D eigenvalue weighted by Gasteiger charge is -2.07. The van der Waals surface area contributed by atoms with Crippen LogP contribution in [0.2, 0.25) is 0 Å². The fourth-order valence-corrected chi connectivity index (χ4v) is 3.74. The molecule has 0 saturated heterocycles.